The van der Waals surface area contributed by atoms with Crippen LogP contribution < -0.4 is 5.14 Å². The standard InChI is InChI=1S/C19H22ClN3O3S/c1-14-5-6-16(12-18(14)27(21,25)26)19(24)23-9-7-22(8-10-23)13-15-3-2-4-17(20)11-15/h2-6,11-12H,7-10,13H2,1H3,(H2,21,25,26). The maximum atomic E-state index is 12.8. The number of piperazine rings is 1. The Morgan fingerprint density at radius 3 is 2.44 bits per heavy atom. The minimum Gasteiger partial charge on any atom is -0.336 e. The molecular formula is C19H22ClN3O3S. The van der Waals surface area contributed by atoms with Crippen LogP contribution in [-0.2, 0) is 16.6 Å². The minimum absolute atomic E-state index is 0.00653. The van der Waals surface area contributed by atoms with Crippen molar-refractivity contribution in [3.8, 4) is 0 Å². The lowest BCUT2D eigenvalue weighted by molar-refractivity contribution is 0.0628. The topological polar surface area (TPSA) is 83.7 Å². The number of sulfonamides is 1. The van der Waals surface area contributed by atoms with Gasteiger partial charge in [0.1, 0.15) is 0 Å². The summed E-state index contributed by atoms with van der Waals surface area (Å²) in [7, 11) is -3.86. The van der Waals surface area contributed by atoms with E-state index in [0.29, 0.717) is 29.2 Å². The number of nitrogens with two attached hydrogens (primary N) is 1. The molecule has 0 unspecified atom stereocenters. The van der Waals surface area contributed by atoms with E-state index in [-0.39, 0.29) is 10.8 Å². The lowest BCUT2D eigenvalue weighted by Crippen LogP contribution is -2.48. The Labute approximate surface area is 164 Å². The van der Waals surface area contributed by atoms with Gasteiger partial charge < -0.3 is 4.90 Å². The lowest BCUT2D eigenvalue weighted by atomic mass is 10.1. The van der Waals surface area contributed by atoms with Crippen LogP contribution >= 0.6 is 11.6 Å². The first-order valence-electron chi connectivity index (χ1n) is 8.63. The first-order valence-corrected chi connectivity index (χ1v) is 10.6. The summed E-state index contributed by atoms with van der Waals surface area (Å²) in [6.07, 6.45) is 0. The van der Waals surface area contributed by atoms with Crippen molar-refractivity contribution in [1.82, 2.24) is 9.80 Å². The average molecular weight is 408 g/mol. The van der Waals surface area contributed by atoms with Crippen molar-refractivity contribution >= 4 is 27.5 Å². The van der Waals surface area contributed by atoms with Crippen LogP contribution in [0, 0.1) is 6.92 Å². The van der Waals surface area contributed by atoms with Crippen molar-refractivity contribution in [3.05, 3.63) is 64.2 Å². The maximum Gasteiger partial charge on any atom is 0.253 e. The van der Waals surface area contributed by atoms with Crippen molar-refractivity contribution in [2.75, 3.05) is 26.2 Å². The molecule has 0 bridgehead atoms. The maximum absolute atomic E-state index is 12.8. The summed E-state index contributed by atoms with van der Waals surface area (Å²) >= 11 is 6.03. The van der Waals surface area contributed by atoms with E-state index in [9.17, 15) is 13.2 Å². The largest absolute Gasteiger partial charge is 0.336 e. The van der Waals surface area contributed by atoms with E-state index in [1.54, 1.807) is 24.0 Å². The molecule has 1 amide bonds. The number of primary sulfonamides is 1. The molecule has 1 saturated heterocycles. The number of rotatable bonds is 4. The molecule has 0 spiro atoms. The zero-order valence-corrected chi connectivity index (χ0v) is 16.6. The number of hydrogen-bond donors (Lipinski definition) is 1. The quantitative estimate of drug-likeness (QED) is 0.842. The van der Waals surface area contributed by atoms with Gasteiger partial charge in [-0.15, -0.1) is 0 Å². The van der Waals surface area contributed by atoms with Crippen LogP contribution in [0.2, 0.25) is 5.02 Å². The SMILES string of the molecule is Cc1ccc(C(=O)N2CCN(Cc3cccc(Cl)c3)CC2)cc1S(N)(=O)=O. The fourth-order valence-corrected chi connectivity index (χ4v) is 4.25. The van der Waals surface area contributed by atoms with E-state index in [2.05, 4.69) is 4.90 Å². The third kappa shape index (κ3) is 4.87. The molecular weight excluding hydrogens is 386 g/mol. The predicted octanol–water partition coefficient (Wildman–Crippen LogP) is 2.25. The molecule has 0 radical (unpaired) electrons. The van der Waals surface area contributed by atoms with Crippen LogP contribution in [0.4, 0.5) is 0 Å². The van der Waals surface area contributed by atoms with Crippen molar-refractivity contribution in [2.45, 2.75) is 18.4 Å². The van der Waals surface area contributed by atoms with Crippen molar-refractivity contribution in [3.63, 3.8) is 0 Å². The smallest absolute Gasteiger partial charge is 0.253 e. The van der Waals surface area contributed by atoms with Crippen molar-refractivity contribution in [1.29, 1.82) is 0 Å². The molecule has 1 fully saturated rings. The van der Waals surface area contributed by atoms with Gasteiger partial charge in [-0.3, -0.25) is 9.69 Å². The number of halogens is 1. The molecule has 27 heavy (non-hydrogen) atoms. The van der Waals surface area contributed by atoms with Gasteiger partial charge in [-0.25, -0.2) is 13.6 Å². The van der Waals surface area contributed by atoms with E-state index in [1.165, 1.54) is 6.07 Å². The van der Waals surface area contributed by atoms with Gasteiger partial charge in [0.2, 0.25) is 10.0 Å². The fraction of sp³-hybridized carbons (Fsp3) is 0.316. The second kappa shape index (κ2) is 7.98. The summed E-state index contributed by atoms with van der Waals surface area (Å²) in [5.74, 6) is -0.178. The zero-order valence-electron chi connectivity index (χ0n) is 15.1. The van der Waals surface area contributed by atoms with Gasteiger partial charge in [-0.2, -0.15) is 0 Å². The van der Waals surface area contributed by atoms with E-state index in [1.807, 2.05) is 24.3 Å². The fourth-order valence-electron chi connectivity index (χ4n) is 3.22. The highest BCUT2D eigenvalue weighted by molar-refractivity contribution is 7.89. The van der Waals surface area contributed by atoms with Gasteiger partial charge >= 0.3 is 0 Å². The van der Waals surface area contributed by atoms with Crippen LogP contribution in [0.25, 0.3) is 0 Å². The molecule has 0 aromatic heterocycles. The molecule has 0 aliphatic carbocycles. The lowest BCUT2D eigenvalue weighted by Gasteiger charge is -2.35. The van der Waals surface area contributed by atoms with Crippen LogP contribution in [0.1, 0.15) is 21.5 Å². The van der Waals surface area contributed by atoms with Gasteiger partial charge in [0.05, 0.1) is 4.90 Å². The molecule has 1 aliphatic rings. The Hall–Kier alpha value is -1.93. The first-order chi connectivity index (χ1) is 12.7. The highest BCUT2D eigenvalue weighted by atomic mass is 35.5. The Morgan fingerprint density at radius 2 is 1.81 bits per heavy atom. The van der Waals surface area contributed by atoms with E-state index in [0.717, 1.165) is 25.2 Å². The molecule has 2 aromatic carbocycles. The molecule has 1 heterocycles. The Balaban J connectivity index is 1.65. The molecule has 2 aromatic rings. The number of carbonyl (C=O) groups is 1. The molecule has 0 atom stereocenters. The highest BCUT2D eigenvalue weighted by Gasteiger charge is 2.23. The first kappa shape index (κ1) is 19.8. The minimum atomic E-state index is -3.86. The summed E-state index contributed by atoms with van der Waals surface area (Å²) in [5, 5.41) is 5.95. The Bertz CT molecular complexity index is 954. The number of benzene rings is 2. The third-order valence-corrected chi connectivity index (χ3v) is 5.98. The summed E-state index contributed by atoms with van der Waals surface area (Å²) in [5.41, 5.74) is 2.01. The zero-order chi connectivity index (χ0) is 19.6. The molecule has 0 saturated carbocycles. The van der Waals surface area contributed by atoms with E-state index in [4.69, 9.17) is 16.7 Å². The van der Waals surface area contributed by atoms with Gasteiger partial charge in [0.25, 0.3) is 5.91 Å². The molecule has 1 aliphatic heterocycles. The van der Waals surface area contributed by atoms with Gasteiger partial charge in [0.15, 0.2) is 0 Å². The molecule has 6 nitrogen and oxygen atoms in total. The Kier molecular flexibility index (Phi) is 5.86. The molecule has 3 rings (SSSR count). The second-order valence-electron chi connectivity index (χ2n) is 6.72. The summed E-state index contributed by atoms with van der Waals surface area (Å²) < 4.78 is 23.4. The van der Waals surface area contributed by atoms with Crippen LogP contribution in [0.3, 0.4) is 0 Å². The number of amides is 1. The number of carbonyl (C=O) groups excluding carboxylic acids is 1. The van der Waals surface area contributed by atoms with E-state index >= 15 is 0 Å². The molecule has 2 N–H and O–H groups in total. The summed E-state index contributed by atoms with van der Waals surface area (Å²) in [6, 6.07) is 12.4. The van der Waals surface area contributed by atoms with Gasteiger partial charge in [0, 0.05) is 43.3 Å². The van der Waals surface area contributed by atoms with Crippen LogP contribution in [0.15, 0.2) is 47.4 Å². The van der Waals surface area contributed by atoms with Gasteiger partial charge in [-0.1, -0.05) is 29.8 Å². The number of hydrogen-bond acceptors (Lipinski definition) is 4. The second-order valence-corrected chi connectivity index (χ2v) is 8.69. The van der Waals surface area contributed by atoms with Gasteiger partial charge in [-0.05, 0) is 42.3 Å². The summed E-state index contributed by atoms with van der Waals surface area (Å²) in [6.45, 7) is 5.08. The molecule has 144 valence electrons. The average Bonchev–Trinajstić information content (AvgIpc) is 2.61. The third-order valence-electron chi connectivity index (χ3n) is 4.70. The number of nitrogens with zero attached hydrogens (tertiary/aromatic N) is 2. The highest BCUT2D eigenvalue weighted by Crippen LogP contribution is 2.19. The molecule has 8 heteroatoms. The van der Waals surface area contributed by atoms with Crippen LogP contribution in [-0.4, -0.2) is 50.3 Å². The summed E-state index contributed by atoms with van der Waals surface area (Å²) in [4.78, 5) is 16.8. The van der Waals surface area contributed by atoms with Crippen molar-refractivity contribution < 1.29 is 13.2 Å². The van der Waals surface area contributed by atoms with Crippen LogP contribution in [0.5, 0.6) is 0 Å². The van der Waals surface area contributed by atoms with Crippen molar-refractivity contribution in [2.24, 2.45) is 5.14 Å². The Morgan fingerprint density at radius 1 is 1.11 bits per heavy atom. The monoisotopic (exact) mass is 407 g/mol. The van der Waals surface area contributed by atoms with E-state index < -0.39 is 10.0 Å². The predicted molar refractivity (Wildman–Crippen MR) is 105 cm³/mol. The number of aryl methyl sites for hydroxylation is 1. The normalized spacial score (nSPS) is 15.7.